The summed E-state index contributed by atoms with van der Waals surface area (Å²) in [6, 6.07) is 6.34. The normalized spacial score (nSPS) is 14.6. The maximum absolute atomic E-state index is 12.0. The molecule has 0 saturated heterocycles. The maximum atomic E-state index is 12.0. The van der Waals surface area contributed by atoms with Gasteiger partial charge in [-0.15, -0.1) is 0 Å². The van der Waals surface area contributed by atoms with Crippen LogP contribution in [0.3, 0.4) is 0 Å². The number of hydrogen-bond acceptors (Lipinski definition) is 4. The van der Waals surface area contributed by atoms with Crippen molar-refractivity contribution in [3.05, 3.63) is 35.4 Å². The van der Waals surface area contributed by atoms with Crippen LogP contribution >= 0.6 is 0 Å². The van der Waals surface area contributed by atoms with E-state index < -0.39 is 23.5 Å². The summed E-state index contributed by atoms with van der Waals surface area (Å²) < 4.78 is 5.19. The Bertz CT molecular complexity index is 527. The summed E-state index contributed by atoms with van der Waals surface area (Å²) in [5, 5.41) is 0. The van der Waals surface area contributed by atoms with Crippen LogP contribution in [0.1, 0.15) is 47.9 Å². The lowest BCUT2D eigenvalue weighted by Gasteiger charge is -2.25. The molecule has 19 heavy (non-hydrogen) atoms. The molecule has 3 amide bonds. The monoisotopic (exact) mass is 261 g/mol. The molecule has 2 rings (SSSR count). The number of ether oxygens (including phenoxy) is 1. The van der Waals surface area contributed by atoms with Crippen molar-refractivity contribution in [2.75, 3.05) is 0 Å². The number of carbonyl (C=O) groups is 3. The van der Waals surface area contributed by atoms with Crippen molar-refractivity contribution in [1.29, 1.82) is 0 Å². The van der Waals surface area contributed by atoms with Gasteiger partial charge in [0.25, 0.3) is 11.8 Å². The van der Waals surface area contributed by atoms with Crippen LogP contribution < -0.4 is 0 Å². The van der Waals surface area contributed by atoms with Gasteiger partial charge in [0.05, 0.1) is 11.1 Å². The number of fused-ring (bicyclic) bond motifs is 1. The fourth-order valence-electron chi connectivity index (χ4n) is 1.71. The van der Waals surface area contributed by atoms with E-state index in [4.69, 9.17) is 4.74 Å². The standard InChI is InChI=1S/C14H15NO4/c1-4-14(2,3)19-13(18)15-11(16)9-7-5-6-8-10(9)12(15)17/h5-8H,4H2,1-3H3. The molecular weight excluding hydrogens is 246 g/mol. The molecule has 5 nitrogen and oxygen atoms in total. The fraction of sp³-hybridized carbons (Fsp3) is 0.357. The van der Waals surface area contributed by atoms with Crippen LogP contribution in [0.15, 0.2) is 24.3 Å². The van der Waals surface area contributed by atoms with Gasteiger partial charge in [-0.2, -0.15) is 4.90 Å². The number of imide groups is 3. The molecule has 1 heterocycles. The van der Waals surface area contributed by atoms with Crippen molar-refractivity contribution in [2.24, 2.45) is 0 Å². The van der Waals surface area contributed by atoms with Gasteiger partial charge >= 0.3 is 6.09 Å². The molecule has 0 unspecified atom stereocenters. The Kier molecular flexibility index (Phi) is 3.14. The average molecular weight is 261 g/mol. The number of benzene rings is 1. The molecule has 0 saturated carbocycles. The van der Waals surface area contributed by atoms with E-state index in [1.165, 1.54) is 12.1 Å². The van der Waals surface area contributed by atoms with Crippen molar-refractivity contribution in [2.45, 2.75) is 32.8 Å². The van der Waals surface area contributed by atoms with Gasteiger partial charge in [-0.05, 0) is 32.4 Å². The molecule has 1 aliphatic rings. The minimum atomic E-state index is -0.918. The minimum Gasteiger partial charge on any atom is -0.443 e. The van der Waals surface area contributed by atoms with Crippen LogP contribution in [0.4, 0.5) is 4.79 Å². The molecule has 1 aromatic rings. The molecule has 0 spiro atoms. The lowest BCUT2D eigenvalue weighted by Crippen LogP contribution is -2.41. The van der Waals surface area contributed by atoms with E-state index in [2.05, 4.69) is 0 Å². The maximum Gasteiger partial charge on any atom is 0.424 e. The Labute approximate surface area is 111 Å². The second kappa shape index (κ2) is 4.50. The van der Waals surface area contributed by atoms with Crippen molar-refractivity contribution < 1.29 is 19.1 Å². The number of rotatable bonds is 2. The van der Waals surface area contributed by atoms with Crippen molar-refractivity contribution in [3.8, 4) is 0 Å². The Hall–Kier alpha value is -2.17. The quantitative estimate of drug-likeness (QED) is 0.768. The molecular formula is C14H15NO4. The molecule has 1 aromatic carbocycles. The highest BCUT2D eigenvalue weighted by atomic mass is 16.6. The van der Waals surface area contributed by atoms with Crippen LogP contribution in [-0.2, 0) is 4.74 Å². The molecule has 0 aliphatic carbocycles. The summed E-state index contributed by atoms with van der Waals surface area (Å²) in [5.41, 5.74) is -0.246. The molecule has 5 heteroatoms. The van der Waals surface area contributed by atoms with E-state index in [1.54, 1.807) is 26.0 Å². The number of nitrogens with zero attached hydrogens (tertiary/aromatic N) is 1. The Balaban J connectivity index is 2.27. The summed E-state index contributed by atoms with van der Waals surface area (Å²) in [6.07, 6.45) is -0.333. The molecule has 0 bridgehead atoms. The Morgan fingerprint density at radius 1 is 1.16 bits per heavy atom. The van der Waals surface area contributed by atoms with Gasteiger partial charge in [0.15, 0.2) is 0 Å². The smallest absolute Gasteiger partial charge is 0.424 e. The van der Waals surface area contributed by atoms with Gasteiger partial charge in [0.1, 0.15) is 5.60 Å². The number of hydrogen-bond donors (Lipinski definition) is 0. The second-order valence-electron chi connectivity index (χ2n) is 4.97. The molecule has 0 N–H and O–H groups in total. The minimum absolute atomic E-state index is 0.235. The predicted octanol–water partition coefficient (Wildman–Crippen LogP) is 2.61. The zero-order chi connectivity index (χ0) is 14.2. The lowest BCUT2D eigenvalue weighted by atomic mass is 10.1. The summed E-state index contributed by atoms with van der Waals surface area (Å²) in [5.74, 6) is -1.25. The van der Waals surface area contributed by atoms with E-state index in [0.717, 1.165) is 0 Å². The van der Waals surface area contributed by atoms with E-state index in [9.17, 15) is 14.4 Å². The molecule has 0 radical (unpaired) electrons. The first kappa shape index (κ1) is 13.3. The molecule has 0 atom stereocenters. The molecule has 1 aliphatic heterocycles. The highest BCUT2D eigenvalue weighted by Gasteiger charge is 2.42. The molecule has 100 valence electrons. The summed E-state index contributed by atoms with van der Waals surface area (Å²) in [7, 11) is 0. The van der Waals surface area contributed by atoms with Crippen LogP contribution in [0, 0.1) is 0 Å². The zero-order valence-corrected chi connectivity index (χ0v) is 11.1. The summed E-state index contributed by atoms with van der Waals surface area (Å²) in [6.45, 7) is 5.31. The van der Waals surface area contributed by atoms with Gasteiger partial charge in [-0.3, -0.25) is 9.59 Å². The van der Waals surface area contributed by atoms with Crippen molar-refractivity contribution >= 4 is 17.9 Å². The van der Waals surface area contributed by atoms with Gasteiger partial charge in [-0.1, -0.05) is 19.1 Å². The summed E-state index contributed by atoms with van der Waals surface area (Å²) >= 11 is 0. The van der Waals surface area contributed by atoms with E-state index >= 15 is 0 Å². The van der Waals surface area contributed by atoms with Crippen molar-refractivity contribution in [3.63, 3.8) is 0 Å². The van der Waals surface area contributed by atoms with Gasteiger partial charge in [0, 0.05) is 0 Å². The first-order chi connectivity index (χ1) is 8.87. The summed E-state index contributed by atoms with van der Waals surface area (Å²) in [4.78, 5) is 36.6. The third-order valence-corrected chi connectivity index (χ3v) is 3.19. The molecule has 0 fully saturated rings. The van der Waals surface area contributed by atoms with E-state index in [-0.39, 0.29) is 11.1 Å². The van der Waals surface area contributed by atoms with E-state index in [1.807, 2.05) is 6.92 Å². The first-order valence-corrected chi connectivity index (χ1v) is 6.08. The second-order valence-corrected chi connectivity index (χ2v) is 4.97. The first-order valence-electron chi connectivity index (χ1n) is 6.08. The SMILES string of the molecule is CCC(C)(C)OC(=O)N1C(=O)c2ccccc2C1=O. The Morgan fingerprint density at radius 3 is 2.05 bits per heavy atom. The number of amides is 3. The highest BCUT2D eigenvalue weighted by Crippen LogP contribution is 2.25. The third kappa shape index (κ3) is 2.23. The van der Waals surface area contributed by atoms with Crippen LogP contribution in [0.2, 0.25) is 0 Å². The van der Waals surface area contributed by atoms with Crippen LogP contribution in [0.25, 0.3) is 0 Å². The molecule has 0 aromatic heterocycles. The topological polar surface area (TPSA) is 63.7 Å². The van der Waals surface area contributed by atoms with Crippen LogP contribution in [-0.4, -0.2) is 28.4 Å². The number of carbonyl (C=O) groups excluding carboxylic acids is 3. The highest BCUT2D eigenvalue weighted by molar-refractivity contribution is 6.28. The fourth-order valence-corrected chi connectivity index (χ4v) is 1.71. The van der Waals surface area contributed by atoms with Crippen LogP contribution in [0.5, 0.6) is 0 Å². The van der Waals surface area contributed by atoms with Gasteiger partial charge in [0.2, 0.25) is 0 Å². The Morgan fingerprint density at radius 2 is 1.63 bits per heavy atom. The zero-order valence-electron chi connectivity index (χ0n) is 11.1. The van der Waals surface area contributed by atoms with Gasteiger partial charge in [-0.25, -0.2) is 4.79 Å². The predicted molar refractivity (Wildman–Crippen MR) is 67.8 cm³/mol. The lowest BCUT2D eigenvalue weighted by molar-refractivity contribution is 0.0146. The average Bonchev–Trinajstić information content (AvgIpc) is 2.62. The largest absolute Gasteiger partial charge is 0.443 e. The van der Waals surface area contributed by atoms with Crippen molar-refractivity contribution in [1.82, 2.24) is 4.90 Å². The third-order valence-electron chi connectivity index (χ3n) is 3.19. The van der Waals surface area contributed by atoms with E-state index in [0.29, 0.717) is 11.3 Å². The van der Waals surface area contributed by atoms with Gasteiger partial charge < -0.3 is 4.74 Å².